The molecule has 1 aromatic carbocycles. The molecule has 8 heteroatoms. The highest BCUT2D eigenvalue weighted by Gasteiger charge is 2.59. The Labute approximate surface area is 167 Å². The molecule has 1 aliphatic heterocycles. The SMILES string of the molecule is COC(=O)NC1(C)CC(C(=O)N2C[C@@H]3C(c4cccc(C(F)(F)F)c4C)[C@@H]3C2)C1. The van der Waals surface area contributed by atoms with E-state index < -0.39 is 23.4 Å². The lowest BCUT2D eigenvalue weighted by Gasteiger charge is -2.45. The number of alkyl carbamates (subject to hydrolysis) is 1. The Balaban J connectivity index is 1.35. The zero-order chi connectivity index (χ0) is 21.1. The van der Waals surface area contributed by atoms with Crippen LogP contribution in [0.2, 0.25) is 0 Å². The molecule has 5 nitrogen and oxygen atoms in total. The number of carbonyl (C=O) groups is 2. The number of halogens is 3. The average Bonchev–Trinajstić information content (AvgIpc) is 3.10. The molecule has 158 valence electrons. The molecule has 0 bridgehead atoms. The summed E-state index contributed by atoms with van der Waals surface area (Å²) >= 11 is 0. The minimum Gasteiger partial charge on any atom is -0.453 e. The first-order chi connectivity index (χ1) is 13.5. The van der Waals surface area contributed by atoms with Crippen LogP contribution in [-0.2, 0) is 15.7 Å². The summed E-state index contributed by atoms with van der Waals surface area (Å²) in [4.78, 5) is 26.0. The maximum Gasteiger partial charge on any atom is 0.416 e. The third-order valence-electron chi connectivity index (χ3n) is 6.88. The Morgan fingerprint density at radius 2 is 1.83 bits per heavy atom. The van der Waals surface area contributed by atoms with E-state index in [9.17, 15) is 22.8 Å². The van der Waals surface area contributed by atoms with Crippen LogP contribution < -0.4 is 5.32 Å². The number of methoxy groups -OCH3 is 1. The number of ether oxygens (including phenoxy) is 1. The van der Waals surface area contributed by atoms with Gasteiger partial charge in [0.05, 0.1) is 12.7 Å². The molecule has 3 aliphatic rings. The summed E-state index contributed by atoms with van der Waals surface area (Å²) in [7, 11) is 1.30. The van der Waals surface area contributed by atoms with Crippen molar-refractivity contribution in [1.29, 1.82) is 0 Å². The Morgan fingerprint density at radius 3 is 2.38 bits per heavy atom. The first kappa shape index (κ1) is 20.0. The minimum absolute atomic E-state index is 0.0841. The summed E-state index contributed by atoms with van der Waals surface area (Å²) in [5.41, 5.74) is 0.0782. The topological polar surface area (TPSA) is 58.6 Å². The highest BCUT2D eigenvalue weighted by molar-refractivity contribution is 5.81. The number of hydrogen-bond donors (Lipinski definition) is 1. The van der Waals surface area contributed by atoms with Crippen LogP contribution in [0.4, 0.5) is 18.0 Å². The molecule has 0 spiro atoms. The highest BCUT2D eigenvalue weighted by atomic mass is 19.4. The van der Waals surface area contributed by atoms with Gasteiger partial charge in [-0.3, -0.25) is 4.79 Å². The molecule has 0 aromatic heterocycles. The molecule has 3 fully saturated rings. The second kappa shape index (κ2) is 6.64. The molecule has 1 saturated heterocycles. The van der Waals surface area contributed by atoms with Gasteiger partial charge in [-0.05, 0) is 61.6 Å². The number of alkyl halides is 3. The van der Waals surface area contributed by atoms with Crippen LogP contribution in [0.1, 0.15) is 42.4 Å². The van der Waals surface area contributed by atoms with E-state index in [0.717, 1.165) is 11.6 Å². The number of benzene rings is 1. The van der Waals surface area contributed by atoms with E-state index in [0.29, 0.717) is 31.5 Å². The van der Waals surface area contributed by atoms with E-state index >= 15 is 0 Å². The van der Waals surface area contributed by atoms with Gasteiger partial charge in [-0.1, -0.05) is 12.1 Å². The number of carbonyl (C=O) groups excluding carboxylic acids is 2. The maximum absolute atomic E-state index is 13.2. The van der Waals surface area contributed by atoms with E-state index in [-0.39, 0.29) is 29.6 Å². The zero-order valence-electron chi connectivity index (χ0n) is 16.7. The lowest BCUT2D eigenvalue weighted by atomic mass is 9.69. The van der Waals surface area contributed by atoms with Crippen LogP contribution >= 0.6 is 0 Å². The lowest BCUT2D eigenvalue weighted by Crippen LogP contribution is -2.58. The van der Waals surface area contributed by atoms with Gasteiger partial charge in [-0.2, -0.15) is 13.2 Å². The van der Waals surface area contributed by atoms with Gasteiger partial charge in [-0.25, -0.2) is 4.79 Å². The first-order valence-corrected chi connectivity index (χ1v) is 9.86. The van der Waals surface area contributed by atoms with Crippen molar-refractivity contribution in [2.45, 2.75) is 44.3 Å². The summed E-state index contributed by atoms with van der Waals surface area (Å²) in [6.07, 6.45) is -3.70. The Morgan fingerprint density at radius 1 is 1.21 bits per heavy atom. The molecule has 1 unspecified atom stereocenters. The molecular weight excluding hydrogens is 385 g/mol. The number of amides is 2. The van der Waals surface area contributed by atoms with Crippen LogP contribution in [0.3, 0.4) is 0 Å². The third kappa shape index (κ3) is 3.46. The number of nitrogens with one attached hydrogen (secondary N) is 1. The number of piperidine rings is 1. The summed E-state index contributed by atoms with van der Waals surface area (Å²) in [6.45, 7) is 4.63. The summed E-state index contributed by atoms with van der Waals surface area (Å²) < 4.78 is 44.2. The van der Waals surface area contributed by atoms with Crippen molar-refractivity contribution in [3.05, 3.63) is 34.9 Å². The Hall–Kier alpha value is -2.25. The Kier molecular flexibility index (Phi) is 4.59. The van der Waals surface area contributed by atoms with Crippen LogP contribution in [0.25, 0.3) is 0 Å². The van der Waals surface area contributed by atoms with Gasteiger partial charge in [0.25, 0.3) is 0 Å². The van der Waals surface area contributed by atoms with Gasteiger partial charge in [0.1, 0.15) is 0 Å². The smallest absolute Gasteiger partial charge is 0.416 e. The van der Waals surface area contributed by atoms with Crippen molar-refractivity contribution in [1.82, 2.24) is 10.2 Å². The van der Waals surface area contributed by atoms with Crippen molar-refractivity contribution in [3.8, 4) is 0 Å². The van der Waals surface area contributed by atoms with E-state index in [2.05, 4.69) is 10.1 Å². The van der Waals surface area contributed by atoms with Gasteiger partial charge in [-0.15, -0.1) is 0 Å². The highest BCUT2D eigenvalue weighted by Crippen LogP contribution is 2.59. The van der Waals surface area contributed by atoms with E-state index in [1.807, 2.05) is 11.8 Å². The van der Waals surface area contributed by atoms with Crippen molar-refractivity contribution in [2.75, 3.05) is 20.2 Å². The van der Waals surface area contributed by atoms with Crippen LogP contribution in [0, 0.1) is 24.7 Å². The molecule has 0 radical (unpaired) electrons. The minimum atomic E-state index is -4.35. The van der Waals surface area contributed by atoms with Gasteiger partial charge >= 0.3 is 12.3 Å². The molecule has 29 heavy (non-hydrogen) atoms. The largest absolute Gasteiger partial charge is 0.453 e. The quantitative estimate of drug-likeness (QED) is 0.827. The molecular formula is C21H25F3N2O3. The maximum atomic E-state index is 13.2. The summed E-state index contributed by atoms with van der Waals surface area (Å²) in [6, 6.07) is 4.39. The van der Waals surface area contributed by atoms with Gasteiger partial charge in [0.2, 0.25) is 5.91 Å². The second-order valence-corrected chi connectivity index (χ2v) is 8.90. The number of hydrogen-bond acceptors (Lipinski definition) is 3. The molecule has 4 rings (SSSR count). The van der Waals surface area contributed by atoms with Crippen molar-refractivity contribution in [3.63, 3.8) is 0 Å². The van der Waals surface area contributed by atoms with Crippen molar-refractivity contribution in [2.24, 2.45) is 17.8 Å². The van der Waals surface area contributed by atoms with Crippen molar-refractivity contribution >= 4 is 12.0 Å². The van der Waals surface area contributed by atoms with Crippen LogP contribution in [0.5, 0.6) is 0 Å². The standard InChI is InChI=1S/C21H25F3N2O3/c1-11-13(5-4-6-16(11)21(22,23)24)17-14-9-26(10-15(14)17)18(27)12-7-20(2,8-12)25-19(28)29-3/h4-6,12,14-15,17H,7-10H2,1-3H3,(H,25,28)/t12?,14-,15+,17?,20?. The number of nitrogens with zero attached hydrogens (tertiary/aromatic N) is 1. The average molecular weight is 410 g/mol. The summed E-state index contributed by atoms with van der Waals surface area (Å²) in [5, 5.41) is 2.76. The van der Waals surface area contributed by atoms with Crippen molar-refractivity contribution < 1.29 is 27.5 Å². The molecule has 1 N–H and O–H groups in total. The molecule has 1 heterocycles. The first-order valence-electron chi connectivity index (χ1n) is 9.86. The lowest BCUT2D eigenvalue weighted by molar-refractivity contribution is -0.140. The molecule has 2 amide bonds. The van der Waals surface area contributed by atoms with Crippen LogP contribution in [0.15, 0.2) is 18.2 Å². The van der Waals surface area contributed by atoms with E-state index in [1.165, 1.54) is 13.2 Å². The molecule has 2 saturated carbocycles. The predicted octanol–water partition coefficient (Wildman–Crippen LogP) is 3.71. The van der Waals surface area contributed by atoms with E-state index in [4.69, 9.17) is 0 Å². The fraction of sp³-hybridized carbons (Fsp3) is 0.619. The number of likely N-dealkylation sites (tertiary alicyclic amines) is 1. The molecule has 1 aromatic rings. The number of rotatable bonds is 3. The van der Waals surface area contributed by atoms with E-state index in [1.54, 1.807) is 13.0 Å². The fourth-order valence-electron chi connectivity index (χ4n) is 5.35. The van der Waals surface area contributed by atoms with Gasteiger partial charge in [0, 0.05) is 24.5 Å². The summed E-state index contributed by atoms with van der Waals surface area (Å²) in [5.74, 6) is 0.542. The molecule has 3 atom stereocenters. The normalized spacial score (nSPS) is 33.0. The third-order valence-corrected chi connectivity index (χ3v) is 6.88. The second-order valence-electron chi connectivity index (χ2n) is 8.90. The number of fused-ring (bicyclic) bond motifs is 1. The molecule has 2 aliphatic carbocycles. The predicted molar refractivity (Wildman–Crippen MR) is 99.2 cm³/mol. The van der Waals surface area contributed by atoms with Gasteiger partial charge in [0.15, 0.2) is 0 Å². The van der Waals surface area contributed by atoms with Crippen LogP contribution in [-0.4, -0.2) is 42.6 Å². The van der Waals surface area contributed by atoms with Gasteiger partial charge < -0.3 is 15.0 Å². The zero-order valence-corrected chi connectivity index (χ0v) is 16.7. The Bertz CT molecular complexity index is 836. The fourth-order valence-corrected chi connectivity index (χ4v) is 5.35. The monoisotopic (exact) mass is 410 g/mol.